The van der Waals surface area contributed by atoms with Gasteiger partial charge in [-0.1, -0.05) is 6.07 Å². The first-order chi connectivity index (χ1) is 14.4. The Balaban J connectivity index is 1.47. The highest BCUT2D eigenvalue weighted by Crippen LogP contribution is 2.27. The fourth-order valence-corrected chi connectivity index (χ4v) is 4.42. The number of hydrogen-bond acceptors (Lipinski definition) is 6. The van der Waals surface area contributed by atoms with Gasteiger partial charge in [-0.25, -0.2) is 9.97 Å². The average molecular weight is 410 g/mol. The molecule has 2 aromatic heterocycles. The first kappa shape index (κ1) is 20.6. The highest BCUT2D eigenvalue weighted by molar-refractivity contribution is 5.94. The molecule has 2 aliphatic rings. The van der Waals surface area contributed by atoms with Crippen molar-refractivity contribution in [1.82, 2.24) is 14.9 Å². The van der Waals surface area contributed by atoms with Crippen molar-refractivity contribution < 1.29 is 9.53 Å². The largest absolute Gasteiger partial charge is 0.458 e. The second-order valence-electron chi connectivity index (χ2n) is 8.49. The van der Waals surface area contributed by atoms with Gasteiger partial charge in [-0.2, -0.15) is 0 Å². The Morgan fingerprint density at radius 3 is 2.73 bits per heavy atom. The third-order valence-corrected chi connectivity index (χ3v) is 6.09. The number of aromatic nitrogens is 2. The third kappa shape index (κ3) is 4.26. The Labute approximate surface area is 178 Å². The van der Waals surface area contributed by atoms with Crippen molar-refractivity contribution in [2.24, 2.45) is 5.73 Å². The van der Waals surface area contributed by atoms with Crippen molar-refractivity contribution in [1.29, 1.82) is 0 Å². The number of piperidine rings is 1. The number of anilines is 1. The Morgan fingerprint density at radius 2 is 2.00 bits per heavy atom. The lowest BCUT2D eigenvalue weighted by Crippen LogP contribution is -2.47. The van der Waals surface area contributed by atoms with Crippen molar-refractivity contribution in [3.05, 3.63) is 46.8 Å². The van der Waals surface area contributed by atoms with E-state index in [0.717, 1.165) is 49.9 Å². The molecule has 0 saturated carbocycles. The molecule has 30 heavy (non-hydrogen) atoms. The minimum atomic E-state index is -0.443. The van der Waals surface area contributed by atoms with Crippen molar-refractivity contribution in [3.63, 3.8) is 0 Å². The lowest BCUT2D eigenvalue weighted by atomic mass is 10.1. The van der Waals surface area contributed by atoms with E-state index in [0.29, 0.717) is 17.3 Å². The first-order valence-electron chi connectivity index (χ1n) is 10.9. The molecular weight excluding hydrogens is 378 g/mol. The van der Waals surface area contributed by atoms with Gasteiger partial charge in [0, 0.05) is 38.2 Å². The molecule has 1 fully saturated rings. The fourth-order valence-electron chi connectivity index (χ4n) is 4.42. The third-order valence-electron chi connectivity index (χ3n) is 6.09. The van der Waals surface area contributed by atoms with Gasteiger partial charge in [0.25, 0.3) is 5.91 Å². The number of pyridine rings is 2. The lowest BCUT2D eigenvalue weighted by molar-refractivity contribution is -0.0261. The summed E-state index contributed by atoms with van der Waals surface area (Å²) in [6.07, 6.45) is 4.44. The van der Waals surface area contributed by atoms with Gasteiger partial charge in [-0.05, 0) is 57.7 Å². The number of rotatable bonds is 5. The Morgan fingerprint density at radius 1 is 1.17 bits per heavy atom. The van der Waals surface area contributed by atoms with E-state index >= 15 is 0 Å². The number of nitrogens with two attached hydrogens (primary N) is 1. The zero-order valence-corrected chi connectivity index (χ0v) is 18.1. The highest BCUT2D eigenvalue weighted by Gasteiger charge is 2.27. The van der Waals surface area contributed by atoms with Crippen LogP contribution in [0.15, 0.2) is 24.3 Å². The van der Waals surface area contributed by atoms with E-state index in [4.69, 9.17) is 15.5 Å². The number of primary amides is 1. The minimum absolute atomic E-state index is 0.111. The minimum Gasteiger partial charge on any atom is -0.458 e. The Bertz CT molecular complexity index is 930. The van der Waals surface area contributed by atoms with Crippen LogP contribution in [-0.4, -0.2) is 46.1 Å². The van der Waals surface area contributed by atoms with Crippen LogP contribution in [0.25, 0.3) is 0 Å². The molecule has 1 saturated heterocycles. The number of likely N-dealkylation sites (tertiary alicyclic amines) is 1. The molecule has 7 heteroatoms. The molecule has 0 bridgehead atoms. The number of ether oxygens (including phenoxy) is 1. The summed E-state index contributed by atoms with van der Waals surface area (Å²) < 4.78 is 6.30. The van der Waals surface area contributed by atoms with E-state index < -0.39 is 5.91 Å². The summed E-state index contributed by atoms with van der Waals surface area (Å²) >= 11 is 0. The summed E-state index contributed by atoms with van der Waals surface area (Å²) in [6, 6.07) is 8.21. The van der Waals surface area contributed by atoms with Gasteiger partial charge in [0.1, 0.15) is 5.82 Å². The Hall–Kier alpha value is -2.67. The van der Waals surface area contributed by atoms with Crippen LogP contribution in [-0.2, 0) is 13.0 Å². The molecule has 0 radical (unpaired) electrons. The number of amides is 1. The predicted molar refractivity (Wildman–Crippen MR) is 117 cm³/mol. The molecule has 1 amide bonds. The maximum absolute atomic E-state index is 11.5. The number of carbonyl (C=O) groups excluding carboxylic acids is 1. The van der Waals surface area contributed by atoms with Crippen molar-refractivity contribution >= 4 is 11.7 Å². The maximum atomic E-state index is 11.5. The van der Waals surface area contributed by atoms with Gasteiger partial charge in [-0.3, -0.25) is 9.69 Å². The zero-order valence-electron chi connectivity index (χ0n) is 18.1. The second-order valence-corrected chi connectivity index (χ2v) is 8.49. The molecule has 0 aliphatic carbocycles. The lowest BCUT2D eigenvalue weighted by Gasteiger charge is -2.38. The van der Waals surface area contributed by atoms with Gasteiger partial charge >= 0.3 is 0 Å². The summed E-state index contributed by atoms with van der Waals surface area (Å²) in [5.41, 5.74) is 8.82. The zero-order chi connectivity index (χ0) is 21.3. The van der Waals surface area contributed by atoms with Crippen LogP contribution in [0.4, 0.5) is 5.82 Å². The SMILES string of the molecule is Cc1nc(N2CCc3nc(OC4CCCCN4C(C)C)ccc3C2)ccc1C(N)=O. The summed E-state index contributed by atoms with van der Waals surface area (Å²) in [5, 5.41) is 0. The van der Waals surface area contributed by atoms with Gasteiger partial charge in [0.15, 0.2) is 6.23 Å². The highest BCUT2D eigenvalue weighted by atomic mass is 16.5. The molecule has 0 spiro atoms. The predicted octanol–water partition coefficient (Wildman–Crippen LogP) is 3.05. The second kappa shape index (κ2) is 8.60. The van der Waals surface area contributed by atoms with Gasteiger partial charge < -0.3 is 15.4 Å². The van der Waals surface area contributed by atoms with Crippen LogP contribution in [0.1, 0.15) is 60.4 Å². The van der Waals surface area contributed by atoms with Crippen LogP contribution in [0, 0.1) is 6.92 Å². The van der Waals surface area contributed by atoms with Crippen LogP contribution in [0.2, 0.25) is 0 Å². The monoisotopic (exact) mass is 409 g/mol. The number of nitrogens with zero attached hydrogens (tertiary/aromatic N) is 4. The van der Waals surface area contributed by atoms with E-state index in [1.165, 1.54) is 18.4 Å². The summed E-state index contributed by atoms with van der Waals surface area (Å²) in [7, 11) is 0. The molecule has 2 aliphatic heterocycles. The molecule has 160 valence electrons. The van der Waals surface area contributed by atoms with Gasteiger partial charge in [0.05, 0.1) is 17.0 Å². The normalized spacial score (nSPS) is 19.6. The summed E-state index contributed by atoms with van der Waals surface area (Å²) in [5.74, 6) is 1.14. The van der Waals surface area contributed by atoms with E-state index in [1.807, 2.05) is 19.1 Å². The Kier molecular flexibility index (Phi) is 5.90. The molecule has 2 N–H and O–H groups in total. The topological polar surface area (TPSA) is 84.6 Å². The number of carbonyl (C=O) groups is 1. The quantitative estimate of drug-likeness (QED) is 0.817. The van der Waals surface area contributed by atoms with Crippen molar-refractivity contribution in [2.75, 3.05) is 18.0 Å². The fraction of sp³-hybridized carbons (Fsp3) is 0.522. The molecule has 1 unspecified atom stereocenters. The van der Waals surface area contributed by atoms with E-state index in [2.05, 4.69) is 34.7 Å². The van der Waals surface area contributed by atoms with E-state index in [9.17, 15) is 4.79 Å². The van der Waals surface area contributed by atoms with Crippen LogP contribution in [0.3, 0.4) is 0 Å². The molecule has 7 nitrogen and oxygen atoms in total. The molecular formula is C23H31N5O2. The van der Waals surface area contributed by atoms with Crippen molar-refractivity contribution in [2.45, 2.75) is 65.3 Å². The molecule has 2 aromatic rings. The molecule has 1 atom stereocenters. The number of fused-ring (bicyclic) bond motifs is 1. The van der Waals surface area contributed by atoms with E-state index in [1.54, 1.807) is 6.07 Å². The van der Waals surface area contributed by atoms with Gasteiger partial charge in [0.2, 0.25) is 5.88 Å². The van der Waals surface area contributed by atoms with Crippen LogP contribution in [0.5, 0.6) is 5.88 Å². The summed E-state index contributed by atoms with van der Waals surface area (Å²) in [4.78, 5) is 25.5. The van der Waals surface area contributed by atoms with Gasteiger partial charge in [-0.15, -0.1) is 0 Å². The maximum Gasteiger partial charge on any atom is 0.250 e. The molecule has 4 heterocycles. The first-order valence-corrected chi connectivity index (χ1v) is 10.9. The van der Waals surface area contributed by atoms with Crippen LogP contribution < -0.4 is 15.4 Å². The smallest absolute Gasteiger partial charge is 0.250 e. The standard InChI is InChI=1S/C23H31N5O2/c1-15(2)28-12-5-4-6-22(28)30-21-10-7-17-14-27(13-11-19(17)26-21)20-9-8-18(23(24)29)16(3)25-20/h7-10,15,22H,4-6,11-14H2,1-3H3,(H2,24,29). The molecule has 4 rings (SSSR count). The summed E-state index contributed by atoms with van der Waals surface area (Å²) in [6.45, 7) is 8.92. The van der Waals surface area contributed by atoms with Crippen molar-refractivity contribution in [3.8, 4) is 5.88 Å². The number of aryl methyl sites for hydroxylation is 1. The number of hydrogen-bond donors (Lipinski definition) is 1. The average Bonchev–Trinajstić information content (AvgIpc) is 2.73. The molecule has 0 aromatic carbocycles. The van der Waals surface area contributed by atoms with E-state index in [-0.39, 0.29) is 6.23 Å². The van der Waals surface area contributed by atoms with Crippen LogP contribution >= 0.6 is 0 Å².